The topological polar surface area (TPSA) is 51.0 Å². The van der Waals surface area contributed by atoms with E-state index in [1.165, 1.54) is 0 Å². The van der Waals surface area contributed by atoms with Gasteiger partial charge in [0.2, 0.25) is 5.89 Å². The molecule has 1 atom stereocenters. The number of nitrogens with zero attached hydrogens (tertiary/aromatic N) is 2. The van der Waals surface area contributed by atoms with Crippen LogP contribution >= 0.6 is 24.0 Å². The van der Waals surface area contributed by atoms with Crippen LogP contribution in [0.15, 0.2) is 28.8 Å². The molecule has 1 aliphatic rings. The molecular weight excluding hydrogens is 323 g/mol. The van der Waals surface area contributed by atoms with Crippen molar-refractivity contribution >= 4 is 24.0 Å². The molecule has 21 heavy (non-hydrogen) atoms. The zero-order chi connectivity index (χ0) is 14.2. The van der Waals surface area contributed by atoms with Crippen molar-refractivity contribution in [2.24, 2.45) is 0 Å². The molecule has 1 N–H and O–H groups in total. The van der Waals surface area contributed by atoms with Crippen molar-refractivity contribution < 1.29 is 13.3 Å². The first-order valence-electron chi connectivity index (χ1n) is 6.21. The fourth-order valence-corrected chi connectivity index (χ4v) is 2.39. The molecular formula is C13H13Cl2F2N3O. The fourth-order valence-electron chi connectivity index (χ4n) is 2.18. The fraction of sp³-hybridized carbons (Fsp3) is 0.385. The highest BCUT2D eigenvalue weighted by atomic mass is 35.5. The lowest BCUT2D eigenvalue weighted by atomic mass is 10.1. The van der Waals surface area contributed by atoms with E-state index in [4.69, 9.17) is 16.1 Å². The standard InChI is InChI=1S/C13H12ClF2N3O.ClH/c14-9-4-2-1-3-8(9)5-11-18-12(20-19-11)10-6-13(15,16)7-17-10;/h1-4,10,17H,5-7H2;1H. The van der Waals surface area contributed by atoms with Crippen LogP contribution in [0.4, 0.5) is 8.78 Å². The van der Waals surface area contributed by atoms with Crippen LogP contribution in [0.2, 0.25) is 5.02 Å². The summed E-state index contributed by atoms with van der Waals surface area (Å²) >= 11 is 6.05. The Hall–Kier alpha value is -1.24. The predicted molar refractivity (Wildman–Crippen MR) is 76.1 cm³/mol. The zero-order valence-electron chi connectivity index (χ0n) is 10.9. The van der Waals surface area contributed by atoms with E-state index in [9.17, 15) is 8.78 Å². The van der Waals surface area contributed by atoms with Gasteiger partial charge < -0.3 is 4.52 Å². The molecule has 8 heteroatoms. The van der Waals surface area contributed by atoms with Gasteiger partial charge in [0.25, 0.3) is 5.92 Å². The van der Waals surface area contributed by atoms with Gasteiger partial charge in [0.05, 0.1) is 12.6 Å². The summed E-state index contributed by atoms with van der Waals surface area (Å²) < 4.78 is 31.3. The SMILES string of the molecule is Cl.FC1(F)CNC(c2nc(Cc3ccccc3Cl)no2)C1. The van der Waals surface area contributed by atoms with Gasteiger partial charge in [-0.25, -0.2) is 8.78 Å². The van der Waals surface area contributed by atoms with E-state index in [0.29, 0.717) is 17.3 Å². The summed E-state index contributed by atoms with van der Waals surface area (Å²) in [7, 11) is 0. The second-order valence-corrected chi connectivity index (χ2v) is 5.22. The number of nitrogens with one attached hydrogen (secondary N) is 1. The van der Waals surface area contributed by atoms with Gasteiger partial charge in [-0.15, -0.1) is 12.4 Å². The lowest BCUT2D eigenvalue weighted by Gasteiger charge is -2.04. The molecule has 2 aromatic rings. The van der Waals surface area contributed by atoms with E-state index < -0.39 is 12.0 Å². The van der Waals surface area contributed by atoms with Gasteiger partial charge in [0.15, 0.2) is 5.82 Å². The predicted octanol–water partition coefficient (Wildman–Crippen LogP) is 3.41. The lowest BCUT2D eigenvalue weighted by molar-refractivity contribution is 0.0200. The molecule has 1 saturated heterocycles. The van der Waals surface area contributed by atoms with Crippen LogP contribution in [0.25, 0.3) is 0 Å². The smallest absolute Gasteiger partial charge is 0.262 e. The van der Waals surface area contributed by atoms with Crippen LogP contribution in [0.5, 0.6) is 0 Å². The highest BCUT2D eigenvalue weighted by Gasteiger charge is 2.42. The number of hydrogen-bond donors (Lipinski definition) is 1. The molecule has 0 radical (unpaired) electrons. The van der Waals surface area contributed by atoms with Crippen LogP contribution in [-0.2, 0) is 6.42 Å². The molecule has 4 nitrogen and oxygen atoms in total. The molecule has 0 amide bonds. The van der Waals surface area contributed by atoms with Crippen LogP contribution in [0.3, 0.4) is 0 Å². The Labute approximate surface area is 131 Å². The molecule has 1 aromatic carbocycles. The Kier molecular flexibility index (Phi) is 4.81. The normalized spacial score (nSPS) is 20.2. The molecule has 114 valence electrons. The minimum atomic E-state index is -2.72. The Morgan fingerprint density at radius 1 is 1.38 bits per heavy atom. The number of hydrogen-bond acceptors (Lipinski definition) is 4. The van der Waals surface area contributed by atoms with Gasteiger partial charge >= 0.3 is 0 Å². The number of aromatic nitrogens is 2. The maximum Gasteiger partial charge on any atom is 0.262 e. The number of benzene rings is 1. The summed E-state index contributed by atoms with van der Waals surface area (Å²) in [5.74, 6) is -2.09. The zero-order valence-corrected chi connectivity index (χ0v) is 12.4. The van der Waals surface area contributed by atoms with Gasteiger partial charge in [-0.1, -0.05) is 35.0 Å². The molecule has 1 aromatic heterocycles. The maximum absolute atomic E-state index is 13.1. The summed E-state index contributed by atoms with van der Waals surface area (Å²) in [6.45, 7) is -0.361. The van der Waals surface area contributed by atoms with Crippen LogP contribution < -0.4 is 5.32 Å². The van der Waals surface area contributed by atoms with Crippen molar-refractivity contribution in [3.8, 4) is 0 Å². The first-order chi connectivity index (χ1) is 9.53. The summed E-state index contributed by atoms with van der Waals surface area (Å²) in [6, 6.07) is 6.74. The van der Waals surface area contributed by atoms with E-state index in [1.807, 2.05) is 18.2 Å². The molecule has 1 aliphatic heterocycles. The van der Waals surface area contributed by atoms with E-state index in [0.717, 1.165) is 5.56 Å². The minimum absolute atomic E-state index is 0. The van der Waals surface area contributed by atoms with Gasteiger partial charge in [-0.05, 0) is 11.6 Å². The van der Waals surface area contributed by atoms with Crippen molar-refractivity contribution in [2.75, 3.05) is 6.54 Å². The molecule has 1 unspecified atom stereocenters. The molecule has 0 bridgehead atoms. The van der Waals surface area contributed by atoms with Gasteiger partial charge in [-0.2, -0.15) is 4.98 Å². The van der Waals surface area contributed by atoms with Gasteiger partial charge in [0, 0.05) is 17.9 Å². The first-order valence-corrected chi connectivity index (χ1v) is 6.58. The maximum atomic E-state index is 13.1. The Morgan fingerprint density at radius 2 is 2.14 bits per heavy atom. The van der Waals surface area contributed by atoms with E-state index in [2.05, 4.69) is 15.5 Å². The molecule has 1 fully saturated rings. The molecule has 0 spiro atoms. The highest BCUT2D eigenvalue weighted by molar-refractivity contribution is 6.31. The van der Waals surface area contributed by atoms with Crippen molar-refractivity contribution in [1.82, 2.24) is 15.5 Å². The molecule has 3 rings (SSSR count). The molecule has 0 aliphatic carbocycles. The van der Waals surface area contributed by atoms with Crippen LogP contribution in [-0.4, -0.2) is 22.6 Å². The summed E-state index contributed by atoms with van der Waals surface area (Å²) in [6.07, 6.45) is 0.0903. The Bertz CT molecular complexity index is 621. The van der Waals surface area contributed by atoms with Crippen LogP contribution in [0, 0.1) is 0 Å². The van der Waals surface area contributed by atoms with Crippen molar-refractivity contribution in [3.63, 3.8) is 0 Å². The summed E-state index contributed by atoms with van der Waals surface area (Å²) in [5, 5.41) is 7.11. The monoisotopic (exact) mass is 335 g/mol. The average Bonchev–Trinajstić information content (AvgIpc) is 2.99. The van der Waals surface area contributed by atoms with E-state index >= 15 is 0 Å². The molecule has 2 heterocycles. The minimum Gasteiger partial charge on any atom is -0.338 e. The number of halogens is 4. The lowest BCUT2D eigenvalue weighted by Crippen LogP contribution is -2.19. The van der Waals surface area contributed by atoms with Crippen molar-refractivity contribution in [1.29, 1.82) is 0 Å². The van der Waals surface area contributed by atoms with Crippen molar-refractivity contribution in [2.45, 2.75) is 24.8 Å². The van der Waals surface area contributed by atoms with Crippen LogP contribution in [0.1, 0.15) is 29.7 Å². The first kappa shape index (κ1) is 16.1. The van der Waals surface area contributed by atoms with Gasteiger partial charge in [0.1, 0.15) is 0 Å². The Balaban J connectivity index is 0.00000161. The largest absolute Gasteiger partial charge is 0.338 e. The number of alkyl halides is 2. The van der Waals surface area contributed by atoms with Gasteiger partial charge in [-0.3, -0.25) is 5.32 Å². The molecule has 0 saturated carbocycles. The van der Waals surface area contributed by atoms with E-state index in [1.54, 1.807) is 6.07 Å². The third-order valence-electron chi connectivity index (χ3n) is 3.20. The average molecular weight is 336 g/mol. The number of rotatable bonds is 3. The third-order valence-corrected chi connectivity index (χ3v) is 3.57. The second kappa shape index (κ2) is 6.25. The quantitative estimate of drug-likeness (QED) is 0.933. The second-order valence-electron chi connectivity index (χ2n) is 4.81. The highest BCUT2D eigenvalue weighted by Crippen LogP contribution is 2.33. The summed E-state index contributed by atoms with van der Waals surface area (Å²) in [5.41, 5.74) is 0.867. The summed E-state index contributed by atoms with van der Waals surface area (Å²) in [4.78, 5) is 4.16. The third kappa shape index (κ3) is 3.70. The Morgan fingerprint density at radius 3 is 2.81 bits per heavy atom. The van der Waals surface area contributed by atoms with E-state index in [-0.39, 0.29) is 31.3 Å². The van der Waals surface area contributed by atoms with Crippen molar-refractivity contribution in [3.05, 3.63) is 46.6 Å².